The van der Waals surface area contributed by atoms with Crippen LogP contribution < -0.4 is 9.64 Å². The van der Waals surface area contributed by atoms with Gasteiger partial charge in [0.1, 0.15) is 11.5 Å². The molecule has 24 heavy (non-hydrogen) atoms. The maximum Gasteiger partial charge on any atom is 0.266 e. The zero-order valence-electron chi connectivity index (χ0n) is 13.9. The molecule has 1 aliphatic rings. The number of hydrogen-bond acceptors (Lipinski definition) is 4. The Hall–Kier alpha value is -2.82. The van der Waals surface area contributed by atoms with Crippen molar-refractivity contribution in [1.29, 1.82) is 0 Å². The highest BCUT2D eigenvalue weighted by atomic mass is 16.5. The van der Waals surface area contributed by atoms with E-state index in [0.717, 1.165) is 16.9 Å². The highest BCUT2D eigenvalue weighted by Gasteiger charge is 2.39. The SMILES string of the molecule is CCC(C)c1cccc(OC)c1N1C(=O)c2ccc(O)cc2C1=O. The largest absolute Gasteiger partial charge is 0.508 e. The minimum Gasteiger partial charge on any atom is -0.508 e. The molecule has 0 aromatic heterocycles. The predicted molar refractivity (Wildman–Crippen MR) is 90.9 cm³/mol. The summed E-state index contributed by atoms with van der Waals surface area (Å²) in [6.07, 6.45) is 0.865. The van der Waals surface area contributed by atoms with Crippen molar-refractivity contribution < 1.29 is 19.4 Å². The molecule has 1 atom stereocenters. The van der Waals surface area contributed by atoms with E-state index in [-0.39, 0.29) is 17.2 Å². The molecule has 2 aromatic carbocycles. The maximum atomic E-state index is 12.8. The van der Waals surface area contributed by atoms with Crippen LogP contribution in [-0.4, -0.2) is 24.0 Å². The van der Waals surface area contributed by atoms with Crippen molar-refractivity contribution in [2.45, 2.75) is 26.2 Å². The summed E-state index contributed by atoms with van der Waals surface area (Å²) in [5.74, 6) is -0.248. The third-order valence-corrected chi connectivity index (χ3v) is 4.49. The van der Waals surface area contributed by atoms with Gasteiger partial charge in [-0.1, -0.05) is 26.0 Å². The second kappa shape index (κ2) is 6.00. The summed E-state index contributed by atoms with van der Waals surface area (Å²) in [7, 11) is 1.52. The summed E-state index contributed by atoms with van der Waals surface area (Å²) in [4.78, 5) is 26.8. The molecule has 124 valence electrons. The number of rotatable bonds is 4. The Labute approximate surface area is 140 Å². The molecule has 0 saturated heterocycles. The van der Waals surface area contributed by atoms with Crippen molar-refractivity contribution >= 4 is 17.5 Å². The average molecular weight is 325 g/mol. The van der Waals surface area contributed by atoms with Crippen LogP contribution in [0.2, 0.25) is 0 Å². The molecule has 0 radical (unpaired) electrons. The number of phenolic OH excluding ortho intramolecular Hbond substituents is 1. The Balaban J connectivity index is 2.20. The third kappa shape index (κ3) is 2.33. The number of phenols is 1. The summed E-state index contributed by atoms with van der Waals surface area (Å²) in [6.45, 7) is 4.09. The molecule has 1 N–H and O–H groups in total. The minimum atomic E-state index is -0.444. The van der Waals surface area contributed by atoms with Crippen LogP contribution in [0.25, 0.3) is 0 Å². The number of nitrogens with zero attached hydrogens (tertiary/aromatic N) is 1. The first-order chi connectivity index (χ1) is 11.5. The van der Waals surface area contributed by atoms with Gasteiger partial charge < -0.3 is 9.84 Å². The molecular weight excluding hydrogens is 306 g/mol. The number of anilines is 1. The number of para-hydroxylation sites is 1. The number of fused-ring (bicyclic) bond motifs is 1. The van der Waals surface area contributed by atoms with Gasteiger partial charge in [-0.2, -0.15) is 0 Å². The number of ether oxygens (including phenoxy) is 1. The summed E-state index contributed by atoms with van der Waals surface area (Å²) in [5.41, 5.74) is 1.87. The van der Waals surface area contributed by atoms with E-state index < -0.39 is 11.8 Å². The number of amides is 2. The van der Waals surface area contributed by atoms with E-state index in [2.05, 4.69) is 0 Å². The lowest BCUT2D eigenvalue weighted by Gasteiger charge is -2.23. The van der Waals surface area contributed by atoms with Crippen LogP contribution in [0.15, 0.2) is 36.4 Å². The number of carbonyl (C=O) groups is 2. The summed E-state index contributed by atoms with van der Waals surface area (Å²) in [5, 5.41) is 9.63. The molecule has 0 fully saturated rings. The number of aromatic hydroxyl groups is 1. The van der Waals surface area contributed by atoms with Crippen molar-refractivity contribution in [2.24, 2.45) is 0 Å². The van der Waals surface area contributed by atoms with Gasteiger partial charge in [-0.05, 0) is 42.2 Å². The van der Waals surface area contributed by atoms with Crippen LogP contribution in [0.1, 0.15) is 52.5 Å². The van der Waals surface area contributed by atoms with Crippen molar-refractivity contribution in [3.8, 4) is 11.5 Å². The fourth-order valence-corrected chi connectivity index (χ4v) is 2.99. The second-order valence-corrected chi connectivity index (χ2v) is 5.88. The number of hydrogen-bond donors (Lipinski definition) is 1. The summed E-state index contributed by atoms with van der Waals surface area (Å²) < 4.78 is 5.42. The van der Waals surface area contributed by atoms with Gasteiger partial charge in [-0.25, -0.2) is 4.90 Å². The van der Waals surface area contributed by atoms with Gasteiger partial charge in [-0.15, -0.1) is 0 Å². The average Bonchev–Trinajstić information content (AvgIpc) is 2.83. The van der Waals surface area contributed by atoms with Crippen molar-refractivity contribution in [1.82, 2.24) is 0 Å². The molecule has 1 aliphatic heterocycles. The van der Waals surface area contributed by atoms with Crippen LogP contribution >= 0.6 is 0 Å². The number of benzene rings is 2. The number of carbonyl (C=O) groups excluding carboxylic acids is 2. The molecule has 1 heterocycles. The molecule has 0 saturated carbocycles. The second-order valence-electron chi connectivity index (χ2n) is 5.88. The van der Waals surface area contributed by atoms with Gasteiger partial charge in [-0.3, -0.25) is 9.59 Å². The molecule has 5 heteroatoms. The van der Waals surface area contributed by atoms with Gasteiger partial charge in [0.25, 0.3) is 11.8 Å². The van der Waals surface area contributed by atoms with E-state index in [1.807, 2.05) is 26.0 Å². The van der Waals surface area contributed by atoms with E-state index in [4.69, 9.17) is 4.74 Å². The van der Waals surface area contributed by atoms with Gasteiger partial charge >= 0.3 is 0 Å². The molecule has 0 bridgehead atoms. The molecular formula is C19H19NO4. The summed E-state index contributed by atoms with van der Waals surface area (Å²) >= 11 is 0. The van der Waals surface area contributed by atoms with E-state index >= 15 is 0 Å². The zero-order valence-corrected chi connectivity index (χ0v) is 13.9. The first-order valence-electron chi connectivity index (χ1n) is 7.88. The molecule has 2 aromatic rings. The minimum absolute atomic E-state index is 0.0427. The molecule has 5 nitrogen and oxygen atoms in total. The van der Waals surface area contributed by atoms with Crippen LogP contribution in [0.5, 0.6) is 11.5 Å². The van der Waals surface area contributed by atoms with Crippen LogP contribution in [0.4, 0.5) is 5.69 Å². The molecule has 2 amide bonds. The van der Waals surface area contributed by atoms with Crippen LogP contribution in [0.3, 0.4) is 0 Å². The first-order valence-corrected chi connectivity index (χ1v) is 7.88. The monoisotopic (exact) mass is 325 g/mol. The van der Waals surface area contributed by atoms with E-state index in [0.29, 0.717) is 17.0 Å². The standard InChI is InChI=1S/C19H19NO4/c1-4-11(2)13-6-5-7-16(24-3)17(13)20-18(22)14-9-8-12(21)10-15(14)19(20)23/h5-11,21H,4H2,1-3H3. The van der Waals surface area contributed by atoms with Crippen molar-refractivity contribution in [2.75, 3.05) is 12.0 Å². The lowest BCUT2D eigenvalue weighted by atomic mass is 9.95. The van der Waals surface area contributed by atoms with E-state index in [1.54, 1.807) is 6.07 Å². The van der Waals surface area contributed by atoms with Crippen molar-refractivity contribution in [3.63, 3.8) is 0 Å². The van der Waals surface area contributed by atoms with E-state index in [9.17, 15) is 14.7 Å². The third-order valence-electron chi connectivity index (χ3n) is 4.49. The smallest absolute Gasteiger partial charge is 0.266 e. The fraction of sp³-hybridized carbons (Fsp3) is 0.263. The predicted octanol–water partition coefficient (Wildman–Crippen LogP) is 3.71. The van der Waals surface area contributed by atoms with Crippen molar-refractivity contribution in [3.05, 3.63) is 53.1 Å². The van der Waals surface area contributed by atoms with Gasteiger partial charge in [0, 0.05) is 0 Å². The Kier molecular flexibility index (Phi) is 4.01. The highest BCUT2D eigenvalue weighted by molar-refractivity contribution is 6.35. The molecule has 3 rings (SSSR count). The Morgan fingerprint density at radius 2 is 1.83 bits per heavy atom. The Morgan fingerprint density at radius 1 is 1.12 bits per heavy atom. The van der Waals surface area contributed by atoms with Crippen LogP contribution in [-0.2, 0) is 0 Å². The topological polar surface area (TPSA) is 66.8 Å². The zero-order chi connectivity index (χ0) is 17.4. The number of imide groups is 1. The Morgan fingerprint density at radius 3 is 2.50 bits per heavy atom. The highest BCUT2D eigenvalue weighted by Crippen LogP contribution is 2.41. The molecule has 0 aliphatic carbocycles. The molecule has 0 spiro atoms. The normalized spacial score (nSPS) is 14.7. The number of methoxy groups -OCH3 is 1. The lowest BCUT2D eigenvalue weighted by molar-refractivity contribution is 0.0924. The Bertz CT molecular complexity index is 828. The van der Waals surface area contributed by atoms with Crippen LogP contribution in [0, 0.1) is 0 Å². The van der Waals surface area contributed by atoms with Gasteiger partial charge in [0.2, 0.25) is 0 Å². The first kappa shape index (κ1) is 16.1. The lowest BCUT2D eigenvalue weighted by Crippen LogP contribution is -2.31. The fourth-order valence-electron chi connectivity index (χ4n) is 2.99. The van der Waals surface area contributed by atoms with Gasteiger partial charge in [0.05, 0.1) is 23.9 Å². The van der Waals surface area contributed by atoms with E-state index in [1.165, 1.54) is 25.3 Å². The molecule has 1 unspecified atom stereocenters. The van der Waals surface area contributed by atoms with Gasteiger partial charge in [0.15, 0.2) is 0 Å². The maximum absolute atomic E-state index is 12.8. The summed E-state index contributed by atoms with van der Waals surface area (Å²) in [6, 6.07) is 9.71. The quantitative estimate of drug-likeness (QED) is 0.870.